The van der Waals surface area contributed by atoms with Crippen molar-refractivity contribution in [1.29, 1.82) is 0 Å². The van der Waals surface area contributed by atoms with Crippen LogP contribution in [-0.4, -0.2) is 47.7 Å². The zero-order chi connectivity index (χ0) is 10.7. The lowest BCUT2D eigenvalue weighted by atomic mass is 10.3. The standard InChI is InChI=1S/C10H18N4O/c1-2-13-3-5-14(6-4-13)8-9-7-10(11)12-15-9/h7H,2-6,8H2,1H3,(H2,11,12). The Hall–Kier alpha value is -1.07. The minimum absolute atomic E-state index is 0.470. The topological polar surface area (TPSA) is 58.5 Å². The van der Waals surface area contributed by atoms with Crippen LogP contribution in [0.15, 0.2) is 10.6 Å². The first kappa shape index (κ1) is 10.4. The molecule has 1 aromatic heterocycles. The summed E-state index contributed by atoms with van der Waals surface area (Å²) in [5, 5.41) is 3.68. The molecule has 0 atom stereocenters. The molecule has 5 heteroatoms. The Morgan fingerprint density at radius 3 is 2.53 bits per heavy atom. The van der Waals surface area contributed by atoms with Gasteiger partial charge in [-0.2, -0.15) is 0 Å². The molecule has 0 spiro atoms. The number of hydrogen-bond acceptors (Lipinski definition) is 5. The van der Waals surface area contributed by atoms with Crippen LogP contribution in [0.4, 0.5) is 5.82 Å². The SMILES string of the molecule is CCN1CCN(Cc2cc(N)no2)CC1. The summed E-state index contributed by atoms with van der Waals surface area (Å²) in [6.45, 7) is 8.63. The highest BCUT2D eigenvalue weighted by molar-refractivity contribution is 5.26. The summed E-state index contributed by atoms with van der Waals surface area (Å²) in [6, 6.07) is 1.80. The molecule has 1 aliphatic rings. The predicted octanol–water partition coefficient (Wildman–Crippen LogP) is 0.394. The van der Waals surface area contributed by atoms with E-state index in [2.05, 4.69) is 21.9 Å². The smallest absolute Gasteiger partial charge is 0.167 e. The summed E-state index contributed by atoms with van der Waals surface area (Å²) in [5.41, 5.74) is 5.50. The number of likely N-dealkylation sites (N-methyl/N-ethyl adjacent to an activating group) is 1. The molecule has 84 valence electrons. The molecule has 1 fully saturated rings. The van der Waals surface area contributed by atoms with Crippen LogP contribution in [0.1, 0.15) is 12.7 Å². The summed E-state index contributed by atoms with van der Waals surface area (Å²) in [6.07, 6.45) is 0. The average Bonchev–Trinajstić information content (AvgIpc) is 2.65. The van der Waals surface area contributed by atoms with Crippen LogP contribution in [0.3, 0.4) is 0 Å². The average molecular weight is 210 g/mol. The van der Waals surface area contributed by atoms with E-state index in [9.17, 15) is 0 Å². The van der Waals surface area contributed by atoms with Crippen molar-refractivity contribution in [2.75, 3.05) is 38.5 Å². The number of hydrogen-bond donors (Lipinski definition) is 1. The van der Waals surface area contributed by atoms with Gasteiger partial charge in [0, 0.05) is 32.2 Å². The maximum Gasteiger partial charge on any atom is 0.167 e. The number of nitrogen functional groups attached to an aromatic ring is 1. The Bertz CT molecular complexity index is 304. The molecule has 2 heterocycles. The Balaban J connectivity index is 1.82. The first-order valence-electron chi connectivity index (χ1n) is 5.43. The van der Waals surface area contributed by atoms with Gasteiger partial charge in [0.2, 0.25) is 0 Å². The fourth-order valence-electron chi connectivity index (χ4n) is 1.89. The molecule has 1 aromatic rings. The van der Waals surface area contributed by atoms with E-state index >= 15 is 0 Å². The summed E-state index contributed by atoms with van der Waals surface area (Å²) in [7, 11) is 0. The monoisotopic (exact) mass is 210 g/mol. The van der Waals surface area contributed by atoms with E-state index in [1.165, 1.54) is 0 Å². The zero-order valence-corrected chi connectivity index (χ0v) is 9.15. The normalized spacial score (nSPS) is 19.5. The first-order chi connectivity index (χ1) is 7.28. The molecule has 0 aromatic carbocycles. The highest BCUT2D eigenvalue weighted by atomic mass is 16.5. The second kappa shape index (κ2) is 4.63. The van der Waals surface area contributed by atoms with Gasteiger partial charge in [0.1, 0.15) is 0 Å². The number of anilines is 1. The van der Waals surface area contributed by atoms with Crippen molar-refractivity contribution in [3.63, 3.8) is 0 Å². The molecular formula is C10H18N4O. The molecule has 2 N–H and O–H groups in total. The number of piperazine rings is 1. The molecule has 1 saturated heterocycles. The fourth-order valence-corrected chi connectivity index (χ4v) is 1.89. The third-order valence-corrected chi connectivity index (χ3v) is 2.87. The summed E-state index contributed by atoms with van der Waals surface area (Å²) < 4.78 is 5.09. The van der Waals surface area contributed by atoms with Crippen LogP contribution in [0.2, 0.25) is 0 Å². The minimum atomic E-state index is 0.470. The van der Waals surface area contributed by atoms with Gasteiger partial charge in [0.25, 0.3) is 0 Å². The maximum atomic E-state index is 5.50. The molecule has 0 unspecified atom stereocenters. The van der Waals surface area contributed by atoms with Crippen LogP contribution < -0.4 is 5.73 Å². The molecule has 0 saturated carbocycles. The van der Waals surface area contributed by atoms with Crippen molar-refractivity contribution in [2.24, 2.45) is 0 Å². The van der Waals surface area contributed by atoms with E-state index in [1.54, 1.807) is 6.07 Å². The first-order valence-corrected chi connectivity index (χ1v) is 5.43. The number of nitrogens with two attached hydrogens (primary N) is 1. The predicted molar refractivity (Wildman–Crippen MR) is 58.3 cm³/mol. The van der Waals surface area contributed by atoms with Gasteiger partial charge in [-0.25, -0.2) is 0 Å². The molecule has 0 bridgehead atoms. The van der Waals surface area contributed by atoms with Crippen molar-refractivity contribution in [2.45, 2.75) is 13.5 Å². The molecule has 1 aliphatic heterocycles. The van der Waals surface area contributed by atoms with Gasteiger partial charge in [-0.3, -0.25) is 4.90 Å². The fraction of sp³-hybridized carbons (Fsp3) is 0.700. The lowest BCUT2D eigenvalue weighted by Crippen LogP contribution is -2.45. The van der Waals surface area contributed by atoms with Crippen molar-refractivity contribution in [3.05, 3.63) is 11.8 Å². The van der Waals surface area contributed by atoms with Crippen LogP contribution in [0, 0.1) is 0 Å². The number of aromatic nitrogens is 1. The van der Waals surface area contributed by atoms with Crippen LogP contribution >= 0.6 is 0 Å². The van der Waals surface area contributed by atoms with Gasteiger partial charge in [0.05, 0.1) is 6.54 Å². The van der Waals surface area contributed by atoms with E-state index in [-0.39, 0.29) is 0 Å². The number of nitrogens with zero attached hydrogens (tertiary/aromatic N) is 3. The second-order valence-electron chi connectivity index (χ2n) is 3.93. The Labute approximate surface area is 89.8 Å². The van der Waals surface area contributed by atoms with E-state index in [0.717, 1.165) is 45.0 Å². The van der Waals surface area contributed by atoms with E-state index in [4.69, 9.17) is 10.3 Å². The van der Waals surface area contributed by atoms with Crippen LogP contribution in [0.25, 0.3) is 0 Å². The minimum Gasteiger partial charge on any atom is -0.381 e. The van der Waals surface area contributed by atoms with Crippen LogP contribution in [-0.2, 0) is 6.54 Å². The maximum absolute atomic E-state index is 5.50. The van der Waals surface area contributed by atoms with Gasteiger partial charge in [0.15, 0.2) is 11.6 Å². The second-order valence-corrected chi connectivity index (χ2v) is 3.93. The zero-order valence-electron chi connectivity index (χ0n) is 9.15. The van der Waals surface area contributed by atoms with Crippen molar-refractivity contribution in [3.8, 4) is 0 Å². The Morgan fingerprint density at radius 2 is 2.00 bits per heavy atom. The summed E-state index contributed by atoms with van der Waals surface area (Å²) in [4.78, 5) is 4.82. The van der Waals surface area contributed by atoms with Gasteiger partial charge >= 0.3 is 0 Å². The lowest BCUT2D eigenvalue weighted by Gasteiger charge is -2.33. The molecule has 5 nitrogen and oxygen atoms in total. The molecule has 15 heavy (non-hydrogen) atoms. The summed E-state index contributed by atoms with van der Waals surface area (Å²) >= 11 is 0. The third kappa shape index (κ3) is 2.70. The molecule has 0 aliphatic carbocycles. The molecule has 0 radical (unpaired) electrons. The Kier molecular flexibility index (Phi) is 3.23. The van der Waals surface area contributed by atoms with Crippen molar-refractivity contribution < 1.29 is 4.52 Å². The van der Waals surface area contributed by atoms with Crippen molar-refractivity contribution >= 4 is 5.82 Å². The summed E-state index contributed by atoms with van der Waals surface area (Å²) in [5.74, 6) is 1.33. The lowest BCUT2D eigenvalue weighted by molar-refractivity contribution is 0.122. The van der Waals surface area contributed by atoms with Crippen molar-refractivity contribution in [1.82, 2.24) is 15.0 Å². The molecular weight excluding hydrogens is 192 g/mol. The van der Waals surface area contributed by atoms with E-state index in [0.29, 0.717) is 5.82 Å². The highest BCUT2D eigenvalue weighted by Crippen LogP contribution is 2.10. The molecule has 2 rings (SSSR count). The third-order valence-electron chi connectivity index (χ3n) is 2.87. The Morgan fingerprint density at radius 1 is 1.33 bits per heavy atom. The quantitative estimate of drug-likeness (QED) is 0.782. The van der Waals surface area contributed by atoms with E-state index in [1.807, 2.05) is 0 Å². The van der Waals surface area contributed by atoms with Gasteiger partial charge in [-0.05, 0) is 6.54 Å². The highest BCUT2D eigenvalue weighted by Gasteiger charge is 2.16. The number of rotatable bonds is 3. The van der Waals surface area contributed by atoms with Gasteiger partial charge < -0.3 is 15.2 Å². The van der Waals surface area contributed by atoms with Gasteiger partial charge in [-0.1, -0.05) is 12.1 Å². The van der Waals surface area contributed by atoms with Gasteiger partial charge in [-0.15, -0.1) is 0 Å². The van der Waals surface area contributed by atoms with E-state index < -0.39 is 0 Å². The van der Waals surface area contributed by atoms with Crippen LogP contribution in [0.5, 0.6) is 0 Å². The molecule has 0 amide bonds. The largest absolute Gasteiger partial charge is 0.381 e.